The summed E-state index contributed by atoms with van der Waals surface area (Å²) in [5, 5.41) is 4.59. The Labute approximate surface area is 285 Å². The van der Waals surface area contributed by atoms with Gasteiger partial charge in [-0.25, -0.2) is 13.4 Å². The minimum atomic E-state index is -3.72. The molecular weight excluding hydrogens is 621 g/mol. The van der Waals surface area contributed by atoms with Crippen molar-refractivity contribution < 1.29 is 8.42 Å². The lowest BCUT2D eigenvalue weighted by Crippen LogP contribution is -2.16. The molecule has 2 heterocycles. The lowest BCUT2D eigenvalue weighted by Gasteiger charge is -2.24. The standard InChI is InChI=1S/C44H32N2O2S/c1-4-40-45-36-18-11-19-39-43(36)46(40)37-25-27(21-23-38(37)49(39,47)48)42-32-15-7-5-13-30(32)41(31-14-6-8-16-33(31)42)26-20-22-29-28-12-9-10-17-34(28)44(2,3)35(29)24-26/h5-25H,4H2,1-3H3. The van der Waals surface area contributed by atoms with E-state index in [9.17, 15) is 8.42 Å². The first-order valence-corrected chi connectivity index (χ1v) is 18.4. The van der Waals surface area contributed by atoms with Gasteiger partial charge in [-0.2, -0.15) is 0 Å². The van der Waals surface area contributed by atoms with Gasteiger partial charge in [0.1, 0.15) is 5.82 Å². The van der Waals surface area contributed by atoms with Crippen molar-refractivity contribution in [2.45, 2.75) is 42.4 Å². The number of nitrogens with zero attached hydrogens (tertiary/aromatic N) is 2. The molecule has 8 aromatic rings. The van der Waals surface area contributed by atoms with Crippen LogP contribution in [0.3, 0.4) is 0 Å². The van der Waals surface area contributed by atoms with Gasteiger partial charge in [0, 0.05) is 11.8 Å². The van der Waals surface area contributed by atoms with E-state index in [2.05, 4.69) is 122 Å². The third-order valence-corrected chi connectivity index (χ3v) is 12.7. The summed E-state index contributed by atoms with van der Waals surface area (Å²) in [5.41, 5.74) is 11.7. The summed E-state index contributed by atoms with van der Waals surface area (Å²) in [6.45, 7) is 6.72. The highest BCUT2D eigenvalue weighted by Crippen LogP contribution is 2.51. The molecule has 236 valence electrons. The van der Waals surface area contributed by atoms with E-state index < -0.39 is 9.84 Å². The van der Waals surface area contributed by atoms with Crippen molar-refractivity contribution in [2.24, 2.45) is 0 Å². The van der Waals surface area contributed by atoms with Crippen molar-refractivity contribution in [3.63, 3.8) is 0 Å². The van der Waals surface area contributed by atoms with Gasteiger partial charge >= 0.3 is 0 Å². The minimum Gasteiger partial charge on any atom is -0.294 e. The number of aryl methyl sites for hydroxylation is 1. The molecule has 0 amide bonds. The van der Waals surface area contributed by atoms with Crippen LogP contribution in [-0.4, -0.2) is 18.0 Å². The molecule has 0 saturated heterocycles. The van der Waals surface area contributed by atoms with Crippen LogP contribution < -0.4 is 0 Å². The van der Waals surface area contributed by atoms with Gasteiger partial charge in [-0.15, -0.1) is 0 Å². The van der Waals surface area contributed by atoms with Gasteiger partial charge in [0.15, 0.2) is 0 Å². The minimum absolute atomic E-state index is 0.106. The summed E-state index contributed by atoms with van der Waals surface area (Å²) < 4.78 is 30.1. The van der Waals surface area contributed by atoms with Gasteiger partial charge in [0.25, 0.3) is 0 Å². The molecule has 4 nitrogen and oxygen atoms in total. The van der Waals surface area contributed by atoms with Crippen LogP contribution in [0.2, 0.25) is 0 Å². The highest BCUT2D eigenvalue weighted by Gasteiger charge is 2.36. The fraction of sp³-hybridized carbons (Fsp3) is 0.114. The zero-order valence-corrected chi connectivity index (χ0v) is 28.3. The predicted molar refractivity (Wildman–Crippen MR) is 199 cm³/mol. The van der Waals surface area contributed by atoms with Gasteiger partial charge in [-0.3, -0.25) is 4.57 Å². The lowest BCUT2D eigenvalue weighted by molar-refractivity contribution is 0.594. The summed E-state index contributed by atoms with van der Waals surface area (Å²) in [4.78, 5) is 5.49. The Morgan fingerprint density at radius 2 is 1.20 bits per heavy atom. The number of hydrogen-bond donors (Lipinski definition) is 0. The zero-order valence-electron chi connectivity index (χ0n) is 27.5. The van der Waals surface area contributed by atoms with Crippen molar-refractivity contribution in [3.8, 4) is 39.1 Å². The van der Waals surface area contributed by atoms with Crippen molar-refractivity contribution >= 4 is 42.4 Å². The predicted octanol–water partition coefficient (Wildman–Crippen LogP) is 10.7. The molecule has 0 atom stereocenters. The molecule has 10 rings (SSSR count). The number of benzene rings is 7. The second-order valence-electron chi connectivity index (χ2n) is 13.8. The Bertz CT molecular complexity index is 2800. The Balaban J connectivity index is 1.25. The van der Waals surface area contributed by atoms with Crippen LogP contribution in [0.5, 0.6) is 0 Å². The number of aromatic nitrogens is 2. The summed E-state index contributed by atoms with van der Waals surface area (Å²) in [5.74, 6) is 0.850. The summed E-state index contributed by atoms with van der Waals surface area (Å²) in [7, 11) is -3.72. The maximum Gasteiger partial charge on any atom is 0.210 e. The molecule has 49 heavy (non-hydrogen) atoms. The van der Waals surface area contributed by atoms with Crippen LogP contribution in [0.15, 0.2) is 137 Å². The van der Waals surface area contributed by atoms with Crippen LogP contribution in [0.4, 0.5) is 0 Å². The van der Waals surface area contributed by atoms with Gasteiger partial charge in [-0.05, 0) is 96.4 Å². The number of para-hydroxylation sites is 1. The monoisotopic (exact) mass is 652 g/mol. The molecular formula is C44H32N2O2S. The quantitative estimate of drug-likeness (QED) is 0.179. The summed E-state index contributed by atoms with van der Waals surface area (Å²) in [6, 6.07) is 44.2. The smallest absolute Gasteiger partial charge is 0.210 e. The van der Waals surface area contributed by atoms with Crippen LogP contribution in [-0.2, 0) is 21.7 Å². The molecule has 1 aliphatic carbocycles. The number of rotatable bonds is 3. The molecule has 1 aromatic heterocycles. The average molecular weight is 653 g/mol. The van der Waals surface area contributed by atoms with Gasteiger partial charge in [0.2, 0.25) is 9.84 Å². The van der Waals surface area contributed by atoms with E-state index >= 15 is 0 Å². The second-order valence-corrected chi connectivity index (χ2v) is 15.7. The molecule has 2 aliphatic rings. The van der Waals surface area contributed by atoms with E-state index in [0.717, 1.165) is 27.7 Å². The summed E-state index contributed by atoms with van der Waals surface area (Å²) in [6.07, 6.45) is 0.682. The number of sulfone groups is 1. The molecule has 0 N–H and O–H groups in total. The van der Waals surface area contributed by atoms with Crippen molar-refractivity contribution in [3.05, 3.63) is 144 Å². The normalized spacial score (nSPS) is 15.0. The highest BCUT2D eigenvalue weighted by atomic mass is 32.2. The Kier molecular flexibility index (Phi) is 5.68. The Hall–Kier alpha value is -5.52. The highest BCUT2D eigenvalue weighted by molar-refractivity contribution is 7.92. The maximum absolute atomic E-state index is 14.0. The van der Waals surface area contributed by atoms with E-state index in [0.29, 0.717) is 32.9 Å². The number of hydrogen-bond acceptors (Lipinski definition) is 3. The SMILES string of the molecule is CCc1nc2cccc3c2n1-c1cc(-c2c4ccccc4c(-c4ccc5c(c4)C(C)(C)c4ccccc4-5)c4ccccc24)ccc1S3(=O)=O. The third kappa shape index (κ3) is 3.68. The van der Waals surface area contributed by atoms with E-state index in [4.69, 9.17) is 4.98 Å². The first-order chi connectivity index (χ1) is 23.8. The maximum atomic E-state index is 14.0. The van der Waals surface area contributed by atoms with Crippen LogP contribution in [0, 0.1) is 0 Å². The Morgan fingerprint density at radius 3 is 1.88 bits per heavy atom. The first kappa shape index (κ1) is 28.5. The van der Waals surface area contributed by atoms with Crippen LogP contribution in [0.1, 0.15) is 37.7 Å². The molecule has 0 unspecified atom stereocenters. The van der Waals surface area contributed by atoms with Crippen LogP contribution in [0.25, 0.3) is 71.6 Å². The third-order valence-electron chi connectivity index (χ3n) is 10.9. The molecule has 0 bridgehead atoms. The zero-order chi connectivity index (χ0) is 33.2. The molecule has 0 spiro atoms. The van der Waals surface area contributed by atoms with Gasteiger partial charge < -0.3 is 0 Å². The van der Waals surface area contributed by atoms with Gasteiger partial charge in [0.05, 0.1) is 26.5 Å². The molecule has 7 aromatic carbocycles. The van der Waals surface area contributed by atoms with E-state index in [1.165, 1.54) is 44.2 Å². The first-order valence-electron chi connectivity index (χ1n) is 16.9. The fourth-order valence-corrected chi connectivity index (χ4v) is 10.3. The van der Waals surface area contributed by atoms with E-state index in [1.807, 2.05) is 12.1 Å². The van der Waals surface area contributed by atoms with Gasteiger partial charge in [-0.1, -0.05) is 118 Å². The Morgan fingerprint density at radius 1 is 0.612 bits per heavy atom. The molecule has 1 aliphatic heterocycles. The number of fused-ring (bicyclic) bond motifs is 7. The lowest BCUT2D eigenvalue weighted by atomic mass is 9.80. The van der Waals surface area contributed by atoms with Crippen molar-refractivity contribution in [1.82, 2.24) is 9.55 Å². The molecule has 0 fully saturated rings. The molecule has 0 radical (unpaired) electrons. The number of imidazole rings is 1. The van der Waals surface area contributed by atoms with E-state index in [-0.39, 0.29) is 5.41 Å². The average Bonchev–Trinajstić information content (AvgIpc) is 3.62. The molecule has 0 saturated carbocycles. The topological polar surface area (TPSA) is 52.0 Å². The fourth-order valence-electron chi connectivity index (χ4n) is 8.66. The van der Waals surface area contributed by atoms with Crippen molar-refractivity contribution in [1.29, 1.82) is 0 Å². The second kappa shape index (κ2) is 9.77. The largest absolute Gasteiger partial charge is 0.294 e. The summed E-state index contributed by atoms with van der Waals surface area (Å²) >= 11 is 0. The van der Waals surface area contributed by atoms with Crippen molar-refractivity contribution in [2.75, 3.05) is 0 Å². The molecule has 5 heteroatoms. The van der Waals surface area contributed by atoms with Crippen LogP contribution >= 0.6 is 0 Å². The van der Waals surface area contributed by atoms with E-state index in [1.54, 1.807) is 18.2 Å².